The Hall–Kier alpha value is -3.32. The molecule has 0 bridgehead atoms. The van der Waals surface area contributed by atoms with Gasteiger partial charge in [0.05, 0.1) is 23.7 Å². The molecule has 2 N–H and O–H groups in total. The van der Waals surface area contributed by atoms with Crippen molar-refractivity contribution in [1.29, 1.82) is 0 Å². The predicted molar refractivity (Wildman–Crippen MR) is 132 cm³/mol. The van der Waals surface area contributed by atoms with Gasteiger partial charge in [-0.3, -0.25) is 4.79 Å². The topological polar surface area (TPSA) is 92.3 Å². The Morgan fingerprint density at radius 2 is 2.00 bits per heavy atom. The molecule has 1 fully saturated rings. The maximum atomic E-state index is 14.7. The van der Waals surface area contributed by atoms with Gasteiger partial charge >= 0.3 is 0 Å². The lowest BCUT2D eigenvalue weighted by atomic mass is 10.1. The highest BCUT2D eigenvalue weighted by molar-refractivity contribution is 7.10. The number of benzene rings is 1. The molecule has 3 heterocycles. The molecule has 4 rings (SSSR count). The summed E-state index contributed by atoms with van der Waals surface area (Å²) in [5.41, 5.74) is 0.373. The number of hydrogen-bond acceptors (Lipinski definition) is 8. The van der Waals surface area contributed by atoms with Gasteiger partial charge < -0.3 is 20.3 Å². The van der Waals surface area contributed by atoms with Gasteiger partial charge in [0.15, 0.2) is 11.6 Å². The van der Waals surface area contributed by atoms with Gasteiger partial charge in [-0.1, -0.05) is 0 Å². The molecule has 2 aromatic heterocycles. The third-order valence-electron chi connectivity index (χ3n) is 5.85. The molecule has 0 radical (unpaired) electrons. The smallest absolute Gasteiger partial charge is 0.288 e. The summed E-state index contributed by atoms with van der Waals surface area (Å²) in [5.74, 6) is -4.04. The van der Waals surface area contributed by atoms with Crippen LogP contribution < -0.4 is 15.4 Å². The second-order valence-corrected chi connectivity index (χ2v) is 9.49. The van der Waals surface area contributed by atoms with Gasteiger partial charge in [-0.15, -0.1) is 0 Å². The monoisotopic (exact) mass is 538 g/mol. The van der Waals surface area contributed by atoms with E-state index in [2.05, 4.69) is 25.0 Å². The third kappa shape index (κ3) is 6.72. The lowest BCUT2D eigenvalue weighted by Gasteiger charge is -2.31. The van der Waals surface area contributed by atoms with Crippen molar-refractivity contribution in [2.75, 3.05) is 36.9 Å². The van der Waals surface area contributed by atoms with Crippen molar-refractivity contribution in [2.24, 2.45) is 0 Å². The number of amides is 1. The van der Waals surface area contributed by atoms with E-state index in [0.717, 1.165) is 30.8 Å². The number of likely N-dealkylation sites (tertiary alicyclic amines) is 1. The first kappa shape index (κ1) is 26.7. The Kier molecular flexibility index (Phi) is 8.22. The van der Waals surface area contributed by atoms with E-state index in [4.69, 9.17) is 4.74 Å². The van der Waals surface area contributed by atoms with Gasteiger partial charge in [0.25, 0.3) is 11.8 Å². The second-order valence-electron chi connectivity index (χ2n) is 8.72. The normalized spacial score (nSPS) is 15.0. The van der Waals surface area contributed by atoms with Crippen LogP contribution in [0.25, 0.3) is 0 Å². The summed E-state index contributed by atoms with van der Waals surface area (Å²) < 4.78 is 63.9. The van der Waals surface area contributed by atoms with Crippen LogP contribution in [0, 0.1) is 12.7 Å². The largest absolute Gasteiger partial charge is 0.487 e. The molecule has 1 aliphatic heterocycles. The predicted octanol–water partition coefficient (Wildman–Crippen LogP) is 5.30. The lowest BCUT2D eigenvalue weighted by Crippen LogP contribution is -2.39. The lowest BCUT2D eigenvalue weighted by molar-refractivity contribution is 0.0124. The van der Waals surface area contributed by atoms with Crippen molar-refractivity contribution >= 4 is 33.9 Å². The van der Waals surface area contributed by atoms with Crippen LogP contribution in [0.4, 0.5) is 34.1 Å². The second kappa shape index (κ2) is 11.4. The van der Waals surface area contributed by atoms with Gasteiger partial charge in [-0.05, 0) is 43.4 Å². The number of piperidine rings is 1. The number of carbonyl (C=O) groups excluding carboxylic acids is 1. The molecule has 0 aliphatic carbocycles. The molecule has 0 spiro atoms. The summed E-state index contributed by atoms with van der Waals surface area (Å²) in [6.45, 7) is 3.74. The van der Waals surface area contributed by atoms with Gasteiger partial charge in [0.1, 0.15) is 29.3 Å². The van der Waals surface area contributed by atoms with E-state index < -0.39 is 30.0 Å². The molecule has 37 heavy (non-hydrogen) atoms. The summed E-state index contributed by atoms with van der Waals surface area (Å²) >= 11 is 0.992. The molecule has 8 nitrogen and oxygen atoms in total. The number of rotatable bonds is 9. The van der Waals surface area contributed by atoms with Crippen molar-refractivity contribution in [3.05, 3.63) is 53.4 Å². The number of hydrogen-bond donors (Lipinski definition) is 2. The summed E-state index contributed by atoms with van der Waals surface area (Å²) in [5, 5.41) is 5.85. The molecule has 0 saturated carbocycles. The number of halogens is 4. The quantitative estimate of drug-likeness (QED) is 0.357. The van der Waals surface area contributed by atoms with Gasteiger partial charge in [-0.2, -0.15) is 13.2 Å². The van der Waals surface area contributed by atoms with E-state index in [0.29, 0.717) is 43.2 Å². The van der Waals surface area contributed by atoms with Gasteiger partial charge in [0.2, 0.25) is 0 Å². The molecule has 1 amide bonds. The SMILES string of the molecule is Cc1nsc(Nc2cnc(C(C)(F)F)cn2)c1C(=O)Nc1ccc(OC2CCN(CCF)CC2)c(F)c1. The molecule has 3 aromatic rings. The summed E-state index contributed by atoms with van der Waals surface area (Å²) in [7, 11) is 0. The number of ether oxygens (including phenoxy) is 1. The highest BCUT2D eigenvalue weighted by Gasteiger charge is 2.27. The zero-order valence-corrected chi connectivity index (χ0v) is 21.0. The average molecular weight is 539 g/mol. The minimum absolute atomic E-state index is 0.0809. The van der Waals surface area contributed by atoms with E-state index in [-0.39, 0.29) is 28.9 Å². The minimum Gasteiger partial charge on any atom is -0.487 e. The van der Waals surface area contributed by atoms with Crippen molar-refractivity contribution < 1.29 is 27.1 Å². The molecule has 13 heteroatoms. The number of aryl methyl sites for hydroxylation is 1. The molecular formula is C24H26F4N6O2S. The Morgan fingerprint density at radius 1 is 1.24 bits per heavy atom. The first-order valence-corrected chi connectivity index (χ1v) is 12.4. The Balaban J connectivity index is 1.40. The minimum atomic E-state index is -3.12. The van der Waals surface area contributed by atoms with E-state index in [1.165, 1.54) is 18.2 Å². The fourth-order valence-electron chi connectivity index (χ4n) is 3.88. The van der Waals surface area contributed by atoms with E-state index in [1.54, 1.807) is 6.92 Å². The molecule has 0 unspecified atom stereocenters. The molecule has 1 aliphatic rings. The number of alkyl halides is 3. The van der Waals surface area contributed by atoms with Gasteiger partial charge in [-0.25, -0.2) is 18.7 Å². The van der Waals surface area contributed by atoms with E-state index in [1.807, 2.05) is 4.90 Å². The van der Waals surface area contributed by atoms with Crippen LogP contribution in [0.5, 0.6) is 5.75 Å². The van der Waals surface area contributed by atoms with Crippen LogP contribution in [0.3, 0.4) is 0 Å². The molecule has 1 aromatic carbocycles. The van der Waals surface area contributed by atoms with Crippen LogP contribution in [0.2, 0.25) is 0 Å². The summed E-state index contributed by atoms with van der Waals surface area (Å²) in [4.78, 5) is 22.6. The van der Waals surface area contributed by atoms with E-state index in [9.17, 15) is 22.4 Å². The maximum absolute atomic E-state index is 14.7. The number of aromatic nitrogens is 3. The van der Waals surface area contributed by atoms with Crippen molar-refractivity contribution in [3.8, 4) is 5.75 Å². The highest BCUT2D eigenvalue weighted by Crippen LogP contribution is 2.30. The maximum Gasteiger partial charge on any atom is 0.288 e. The number of anilines is 3. The fourth-order valence-corrected chi connectivity index (χ4v) is 4.68. The number of carbonyl (C=O) groups is 1. The van der Waals surface area contributed by atoms with Crippen LogP contribution in [0.15, 0.2) is 30.6 Å². The molecule has 198 valence electrons. The first-order valence-electron chi connectivity index (χ1n) is 11.6. The third-order valence-corrected chi connectivity index (χ3v) is 6.71. The fraction of sp³-hybridized carbons (Fsp3) is 0.417. The average Bonchev–Trinajstić information content (AvgIpc) is 3.21. The summed E-state index contributed by atoms with van der Waals surface area (Å²) in [6, 6.07) is 4.16. The number of nitrogens with zero attached hydrogens (tertiary/aromatic N) is 4. The van der Waals surface area contributed by atoms with Crippen molar-refractivity contribution in [1.82, 2.24) is 19.2 Å². The Labute approximate surface area is 215 Å². The zero-order valence-electron chi connectivity index (χ0n) is 20.2. The van der Waals surface area contributed by atoms with Crippen molar-refractivity contribution in [2.45, 2.75) is 38.7 Å². The molecular weight excluding hydrogens is 512 g/mol. The van der Waals surface area contributed by atoms with E-state index >= 15 is 0 Å². The first-order chi connectivity index (χ1) is 17.6. The van der Waals surface area contributed by atoms with Crippen LogP contribution in [-0.2, 0) is 5.92 Å². The highest BCUT2D eigenvalue weighted by atomic mass is 32.1. The molecule has 1 saturated heterocycles. The standard InChI is InChI=1S/C24H26F4N6O2S/c1-14-21(23(37-33-14)32-20-13-29-19(12-30-20)24(2,27)28)22(35)31-15-3-4-18(17(26)11-15)36-16-5-8-34(9-6-16)10-7-25/h3-4,11-13,16H,5-10H2,1-2H3,(H,30,32)(H,31,35). The molecule has 0 atom stereocenters. The van der Waals surface area contributed by atoms with Gasteiger partial charge in [0, 0.05) is 38.3 Å². The van der Waals surface area contributed by atoms with Crippen LogP contribution >= 0.6 is 11.5 Å². The Morgan fingerprint density at radius 3 is 2.62 bits per heavy atom. The van der Waals surface area contributed by atoms with Crippen LogP contribution in [-0.4, -0.2) is 57.6 Å². The van der Waals surface area contributed by atoms with Crippen LogP contribution in [0.1, 0.15) is 41.5 Å². The Bertz CT molecular complexity index is 1230. The zero-order chi connectivity index (χ0) is 26.6. The number of nitrogens with one attached hydrogen (secondary N) is 2. The summed E-state index contributed by atoms with van der Waals surface area (Å²) in [6.07, 6.45) is 3.27. The van der Waals surface area contributed by atoms with Crippen molar-refractivity contribution in [3.63, 3.8) is 0 Å².